The largest absolute Gasteiger partial charge is 0.448 e. The van der Waals surface area contributed by atoms with Crippen LogP contribution in [-0.4, -0.2) is 29.7 Å². The summed E-state index contributed by atoms with van der Waals surface area (Å²) in [6, 6.07) is 23.2. The van der Waals surface area contributed by atoms with Crippen LogP contribution in [0.5, 0.6) is 0 Å². The van der Waals surface area contributed by atoms with E-state index in [2.05, 4.69) is 30.3 Å². The van der Waals surface area contributed by atoms with Crippen molar-refractivity contribution >= 4 is 11.7 Å². The van der Waals surface area contributed by atoms with Crippen LogP contribution in [0.4, 0.5) is 13.6 Å². The summed E-state index contributed by atoms with van der Waals surface area (Å²) in [5.74, 6) is 0.0296. The van der Waals surface area contributed by atoms with E-state index in [1.165, 1.54) is 28.3 Å². The SMILES string of the molecule is O=C(OCC1c2ccccc2-c2ccccc21)N1C2C=C(c3cccc(C(F)F)c3)CC1CC2. The van der Waals surface area contributed by atoms with Gasteiger partial charge >= 0.3 is 6.09 Å². The molecular formula is C29H25F2NO2. The van der Waals surface area contributed by atoms with E-state index in [9.17, 15) is 13.6 Å². The molecule has 0 aromatic heterocycles. The fourth-order valence-corrected chi connectivity index (χ4v) is 5.87. The van der Waals surface area contributed by atoms with Crippen LogP contribution >= 0.6 is 0 Å². The number of hydrogen-bond acceptors (Lipinski definition) is 2. The number of ether oxygens (including phenoxy) is 1. The van der Waals surface area contributed by atoms with E-state index in [0.717, 1.165) is 24.0 Å². The number of fused-ring (bicyclic) bond motifs is 5. The van der Waals surface area contributed by atoms with Crippen LogP contribution < -0.4 is 0 Å². The predicted octanol–water partition coefficient (Wildman–Crippen LogP) is 7.19. The minimum atomic E-state index is -2.49. The van der Waals surface area contributed by atoms with Crippen LogP contribution in [0.1, 0.15) is 53.9 Å². The van der Waals surface area contributed by atoms with Gasteiger partial charge in [-0.2, -0.15) is 0 Å². The standard InChI is InChI=1S/C29H25F2NO2/c30-28(31)19-7-5-6-18(14-19)20-15-21-12-13-22(16-20)32(21)29(33)34-17-27-25-10-3-1-8-23(25)24-9-2-4-11-26(24)27/h1-11,14-15,21-22,27-28H,12-13,16-17H2. The highest BCUT2D eigenvalue weighted by atomic mass is 19.3. The molecule has 3 aliphatic rings. The Labute approximate surface area is 197 Å². The van der Waals surface area contributed by atoms with Crippen molar-refractivity contribution in [3.8, 4) is 11.1 Å². The second-order valence-electron chi connectivity index (χ2n) is 9.33. The van der Waals surface area contributed by atoms with Gasteiger partial charge in [0.15, 0.2) is 0 Å². The summed E-state index contributed by atoms with van der Waals surface area (Å²) in [4.78, 5) is 15.1. The molecule has 2 bridgehead atoms. The quantitative estimate of drug-likeness (QED) is 0.415. The third-order valence-corrected chi connectivity index (χ3v) is 7.45. The Kier molecular flexibility index (Phi) is 5.20. The number of nitrogens with zero attached hydrogens (tertiary/aromatic N) is 1. The van der Waals surface area contributed by atoms with Crippen molar-refractivity contribution in [1.82, 2.24) is 4.90 Å². The fraction of sp³-hybridized carbons (Fsp3) is 0.276. The number of carbonyl (C=O) groups is 1. The summed E-state index contributed by atoms with van der Waals surface area (Å²) < 4.78 is 32.2. The Morgan fingerprint density at radius 3 is 2.32 bits per heavy atom. The number of rotatable bonds is 4. The van der Waals surface area contributed by atoms with Gasteiger partial charge in [-0.3, -0.25) is 4.90 Å². The molecule has 5 heteroatoms. The van der Waals surface area contributed by atoms with Gasteiger partial charge in [0.25, 0.3) is 6.43 Å². The number of amides is 1. The lowest BCUT2D eigenvalue weighted by Crippen LogP contribution is -2.43. The normalized spacial score (nSPS) is 20.8. The highest BCUT2D eigenvalue weighted by Crippen LogP contribution is 2.45. The number of halogens is 2. The van der Waals surface area contributed by atoms with Gasteiger partial charge in [-0.1, -0.05) is 72.8 Å². The van der Waals surface area contributed by atoms with E-state index in [0.29, 0.717) is 13.0 Å². The molecule has 1 fully saturated rings. The van der Waals surface area contributed by atoms with Crippen molar-refractivity contribution in [2.45, 2.75) is 43.7 Å². The van der Waals surface area contributed by atoms with Crippen molar-refractivity contribution in [3.63, 3.8) is 0 Å². The molecule has 0 N–H and O–H groups in total. The minimum absolute atomic E-state index is 0.0296. The molecule has 2 heterocycles. The lowest BCUT2D eigenvalue weighted by molar-refractivity contribution is 0.0866. The number of benzene rings is 3. The van der Waals surface area contributed by atoms with E-state index in [-0.39, 0.29) is 29.7 Å². The summed E-state index contributed by atoms with van der Waals surface area (Å²) in [6.45, 7) is 0.301. The van der Waals surface area contributed by atoms with E-state index < -0.39 is 6.43 Å². The van der Waals surface area contributed by atoms with Gasteiger partial charge in [-0.15, -0.1) is 0 Å². The van der Waals surface area contributed by atoms with Crippen LogP contribution in [0, 0.1) is 0 Å². The second-order valence-corrected chi connectivity index (χ2v) is 9.33. The van der Waals surface area contributed by atoms with Gasteiger partial charge in [0.05, 0.1) is 6.04 Å². The molecule has 3 nitrogen and oxygen atoms in total. The molecule has 6 rings (SSSR count). The molecule has 172 valence electrons. The average molecular weight is 458 g/mol. The monoisotopic (exact) mass is 457 g/mol. The zero-order chi connectivity index (χ0) is 23.2. The van der Waals surface area contributed by atoms with Gasteiger partial charge < -0.3 is 4.74 Å². The predicted molar refractivity (Wildman–Crippen MR) is 128 cm³/mol. The highest BCUT2D eigenvalue weighted by Gasteiger charge is 2.41. The lowest BCUT2D eigenvalue weighted by atomic mass is 9.94. The molecule has 2 unspecified atom stereocenters. The number of alkyl halides is 2. The van der Waals surface area contributed by atoms with Crippen molar-refractivity contribution < 1.29 is 18.3 Å². The average Bonchev–Trinajstić information content (AvgIpc) is 3.33. The second kappa shape index (κ2) is 8.39. The third kappa shape index (κ3) is 3.51. The van der Waals surface area contributed by atoms with Crippen molar-refractivity contribution in [2.24, 2.45) is 0 Å². The van der Waals surface area contributed by atoms with Gasteiger partial charge in [0.2, 0.25) is 0 Å². The Bertz CT molecular complexity index is 1240. The van der Waals surface area contributed by atoms with Gasteiger partial charge in [0.1, 0.15) is 6.61 Å². The summed E-state index contributed by atoms with van der Waals surface area (Å²) >= 11 is 0. The first-order valence-electron chi connectivity index (χ1n) is 11.8. The molecule has 3 aromatic carbocycles. The lowest BCUT2D eigenvalue weighted by Gasteiger charge is -2.33. The van der Waals surface area contributed by atoms with Crippen LogP contribution in [0.25, 0.3) is 16.7 Å². The molecule has 1 aliphatic carbocycles. The van der Waals surface area contributed by atoms with E-state index in [1.54, 1.807) is 12.1 Å². The first-order chi connectivity index (χ1) is 16.6. The molecule has 3 aromatic rings. The summed E-state index contributed by atoms with van der Waals surface area (Å²) in [5.41, 5.74) is 6.69. The topological polar surface area (TPSA) is 29.5 Å². The van der Waals surface area contributed by atoms with E-state index >= 15 is 0 Å². The summed E-state index contributed by atoms with van der Waals surface area (Å²) in [6.07, 6.45) is 1.71. The molecule has 0 spiro atoms. The number of carbonyl (C=O) groups excluding carboxylic acids is 1. The molecule has 0 saturated carbocycles. The zero-order valence-corrected chi connectivity index (χ0v) is 18.7. The number of hydrogen-bond donors (Lipinski definition) is 0. The van der Waals surface area contributed by atoms with Gasteiger partial charge in [-0.25, -0.2) is 13.6 Å². The van der Waals surface area contributed by atoms with Gasteiger partial charge in [0, 0.05) is 17.5 Å². The maximum Gasteiger partial charge on any atom is 0.410 e. The molecule has 1 saturated heterocycles. The molecular weight excluding hydrogens is 432 g/mol. The Hall–Kier alpha value is -3.47. The van der Waals surface area contributed by atoms with Crippen LogP contribution in [0.15, 0.2) is 78.9 Å². The summed E-state index contributed by atoms with van der Waals surface area (Å²) in [5, 5.41) is 0. The molecule has 34 heavy (non-hydrogen) atoms. The molecule has 2 aliphatic heterocycles. The molecule has 1 amide bonds. The first-order valence-corrected chi connectivity index (χ1v) is 11.8. The first kappa shape index (κ1) is 21.1. The Balaban J connectivity index is 1.19. The molecule has 2 atom stereocenters. The van der Waals surface area contributed by atoms with Crippen LogP contribution in [0.2, 0.25) is 0 Å². The maximum atomic E-state index is 13.2. The minimum Gasteiger partial charge on any atom is -0.448 e. The maximum absolute atomic E-state index is 13.2. The fourth-order valence-electron chi connectivity index (χ4n) is 5.87. The van der Waals surface area contributed by atoms with Crippen molar-refractivity contribution in [3.05, 3.63) is 101 Å². The van der Waals surface area contributed by atoms with E-state index in [1.807, 2.05) is 35.2 Å². The van der Waals surface area contributed by atoms with Gasteiger partial charge in [-0.05, 0) is 58.7 Å². The Morgan fingerprint density at radius 2 is 1.65 bits per heavy atom. The summed E-state index contributed by atoms with van der Waals surface area (Å²) in [7, 11) is 0. The van der Waals surface area contributed by atoms with Crippen LogP contribution in [-0.2, 0) is 4.74 Å². The third-order valence-electron chi connectivity index (χ3n) is 7.45. The van der Waals surface area contributed by atoms with Crippen molar-refractivity contribution in [1.29, 1.82) is 0 Å². The zero-order valence-electron chi connectivity index (χ0n) is 18.7. The van der Waals surface area contributed by atoms with Crippen LogP contribution in [0.3, 0.4) is 0 Å². The Morgan fingerprint density at radius 1 is 0.941 bits per heavy atom. The highest BCUT2D eigenvalue weighted by molar-refractivity contribution is 5.79. The van der Waals surface area contributed by atoms with Crippen molar-refractivity contribution in [2.75, 3.05) is 6.61 Å². The molecule has 0 radical (unpaired) electrons. The van der Waals surface area contributed by atoms with E-state index in [4.69, 9.17) is 4.74 Å². The smallest absolute Gasteiger partial charge is 0.410 e.